The molecule has 0 amide bonds. The van der Waals surface area contributed by atoms with Gasteiger partial charge in [0.05, 0.1) is 0 Å². The van der Waals surface area contributed by atoms with E-state index in [0.29, 0.717) is 5.41 Å². The average molecular weight is 160 g/mol. The van der Waals surface area contributed by atoms with Crippen LogP contribution in [0.15, 0.2) is 24.3 Å². The van der Waals surface area contributed by atoms with Gasteiger partial charge in [0.2, 0.25) is 0 Å². The van der Waals surface area contributed by atoms with Crippen molar-refractivity contribution < 1.29 is 0 Å². The Kier molecular flexibility index (Phi) is 1.18. The number of hydrogen-bond acceptors (Lipinski definition) is 0. The Bertz CT molecular complexity index is 261. The molecule has 0 spiro atoms. The first-order valence-electron chi connectivity index (χ1n) is 5.22. The predicted molar refractivity (Wildman–Crippen MR) is 50.7 cm³/mol. The quantitative estimate of drug-likeness (QED) is 0.517. The van der Waals surface area contributed by atoms with Gasteiger partial charge in [-0.1, -0.05) is 31.2 Å². The van der Waals surface area contributed by atoms with Gasteiger partial charge < -0.3 is 0 Å². The largest absolute Gasteiger partial charge is 0.0879 e. The summed E-state index contributed by atoms with van der Waals surface area (Å²) in [5.74, 6) is 2.80. The van der Waals surface area contributed by atoms with Crippen LogP contribution in [-0.2, 0) is 0 Å². The molecule has 3 rings (SSSR count). The molecular formula is C12H16. The van der Waals surface area contributed by atoms with Crippen molar-refractivity contribution in [2.45, 2.75) is 26.2 Å². The first-order chi connectivity index (χ1) is 5.86. The van der Waals surface area contributed by atoms with Gasteiger partial charge in [0.1, 0.15) is 0 Å². The Hall–Kier alpha value is -0.520. The SMILES string of the molecule is CCC12C=CC(C1)C1CC=CC12. The highest BCUT2D eigenvalue weighted by molar-refractivity contribution is 5.27. The summed E-state index contributed by atoms with van der Waals surface area (Å²) < 4.78 is 0. The monoisotopic (exact) mass is 160 g/mol. The molecular weight excluding hydrogens is 144 g/mol. The fourth-order valence-electron chi connectivity index (χ4n) is 3.66. The van der Waals surface area contributed by atoms with Gasteiger partial charge >= 0.3 is 0 Å². The van der Waals surface area contributed by atoms with E-state index < -0.39 is 0 Å². The van der Waals surface area contributed by atoms with Crippen LogP contribution in [0.4, 0.5) is 0 Å². The van der Waals surface area contributed by atoms with E-state index in [1.807, 2.05) is 0 Å². The van der Waals surface area contributed by atoms with E-state index in [-0.39, 0.29) is 0 Å². The van der Waals surface area contributed by atoms with E-state index >= 15 is 0 Å². The Morgan fingerprint density at radius 3 is 3.17 bits per heavy atom. The summed E-state index contributed by atoms with van der Waals surface area (Å²) in [4.78, 5) is 0. The summed E-state index contributed by atoms with van der Waals surface area (Å²) in [5, 5.41) is 0. The minimum absolute atomic E-state index is 0.586. The molecule has 64 valence electrons. The second-order valence-electron chi connectivity index (χ2n) is 4.67. The lowest BCUT2D eigenvalue weighted by Crippen LogP contribution is -2.23. The van der Waals surface area contributed by atoms with Crippen LogP contribution in [0.5, 0.6) is 0 Å². The van der Waals surface area contributed by atoms with Crippen LogP contribution in [0.1, 0.15) is 26.2 Å². The molecule has 1 fully saturated rings. The zero-order valence-electron chi connectivity index (χ0n) is 7.66. The lowest BCUT2D eigenvalue weighted by atomic mass is 9.74. The number of rotatable bonds is 1. The lowest BCUT2D eigenvalue weighted by molar-refractivity contribution is 0.281. The summed E-state index contributed by atoms with van der Waals surface area (Å²) in [7, 11) is 0. The molecule has 3 aliphatic rings. The summed E-state index contributed by atoms with van der Waals surface area (Å²) in [5.41, 5.74) is 0.586. The maximum Gasteiger partial charge on any atom is -0.00493 e. The van der Waals surface area contributed by atoms with Crippen molar-refractivity contribution in [1.29, 1.82) is 0 Å². The third-order valence-electron chi connectivity index (χ3n) is 4.38. The Morgan fingerprint density at radius 2 is 2.33 bits per heavy atom. The minimum atomic E-state index is 0.586. The molecule has 4 unspecified atom stereocenters. The van der Waals surface area contributed by atoms with Crippen molar-refractivity contribution in [3.63, 3.8) is 0 Å². The first-order valence-corrected chi connectivity index (χ1v) is 5.22. The highest BCUT2D eigenvalue weighted by Gasteiger charge is 2.53. The van der Waals surface area contributed by atoms with Crippen LogP contribution in [0.3, 0.4) is 0 Å². The summed E-state index contributed by atoms with van der Waals surface area (Å²) in [6.45, 7) is 2.35. The van der Waals surface area contributed by atoms with Crippen LogP contribution in [0.25, 0.3) is 0 Å². The number of allylic oxidation sites excluding steroid dienone is 4. The van der Waals surface area contributed by atoms with Gasteiger partial charge in [-0.3, -0.25) is 0 Å². The lowest BCUT2D eigenvalue weighted by Gasteiger charge is -2.30. The predicted octanol–water partition coefficient (Wildman–Crippen LogP) is 3.16. The van der Waals surface area contributed by atoms with Crippen LogP contribution in [0.2, 0.25) is 0 Å². The molecule has 2 bridgehead atoms. The van der Waals surface area contributed by atoms with Crippen molar-refractivity contribution in [3.8, 4) is 0 Å². The smallest absolute Gasteiger partial charge is 0.00493 e. The van der Waals surface area contributed by atoms with Crippen LogP contribution in [-0.4, -0.2) is 0 Å². The van der Waals surface area contributed by atoms with Crippen molar-refractivity contribution in [2.75, 3.05) is 0 Å². The van der Waals surface area contributed by atoms with Gasteiger partial charge in [-0.15, -0.1) is 0 Å². The second kappa shape index (κ2) is 2.04. The molecule has 4 atom stereocenters. The van der Waals surface area contributed by atoms with Gasteiger partial charge in [-0.05, 0) is 42.4 Å². The van der Waals surface area contributed by atoms with Gasteiger partial charge in [-0.25, -0.2) is 0 Å². The Balaban J connectivity index is 2.05. The Morgan fingerprint density at radius 1 is 1.42 bits per heavy atom. The fraction of sp³-hybridized carbons (Fsp3) is 0.667. The van der Waals surface area contributed by atoms with Crippen LogP contribution >= 0.6 is 0 Å². The third-order valence-corrected chi connectivity index (χ3v) is 4.38. The van der Waals surface area contributed by atoms with Gasteiger partial charge in [-0.2, -0.15) is 0 Å². The number of fused-ring (bicyclic) bond motifs is 5. The van der Waals surface area contributed by atoms with E-state index in [9.17, 15) is 0 Å². The van der Waals surface area contributed by atoms with Crippen molar-refractivity contribution in [3.05, 3.63) is 24.3 Å². The molecule has 0 N–H and O–H groups in total. The first kappa shape index (κ1) is 6.94. The topological polar surface area (TPSA) is 0 Å². The highest BCUT2D eigenvalue weighted by Crippen LogP contribution is 2.61. The van der Waals surface area contributed by atoms with Gasteiger partial charge in [0.15, 0.2) is 0 Å². The molecule has 0 radical (unpaired) electrons. The maximum atomic E-state index is 2.51. The van der Waals surface area contributed by atoms with Gasteiger partial charge in [0.25, 0.3) is 0 Å². The molecule has 0 aliphatic heterocycles. The molecule has 0 saturated heterocycles. The average Bonchev–Trinajstić information content (AvgIpc) is 2.76. The fourth-order valence-corrected chi connectivity index (χ4v) is 3.66. The molecule has 0 nitrogen and oxygen atoms in total. The molecule has 1 saturated carbocycles. The van der Waals surface area contributed by atoms with Crippen LogP contribution < -0.4 is 0 Å². The molecule has 0 aromatic carbocycles. The van der Waals surface area contributed by atoms with Crippen molar-refractivity contribution in [2.24, 2.45) is 23.2 Å². The summed E-state index contributed by atoms with van der Waals surface area (Å²) in [6.07, 6.45) is 14.0. The third kappa shape index (κ3) is 0.608. The molecule has 0 heteroatoms. The maximum absolute atomic E-state index is 2.51. The zero-order chi connectivity index (χ0) is 8.18. The zero-order valence-corrected chi connectivity index (χ0v) is 7.66. The second-order valence-corrected chi connectivity index (χ2v) is 4.67. The number of hydrogen-bond donors (Lipinski definition) is 0. The van der Waals surface area contributed by atoms with E-state index in [2.05, 4.69) is 31.2 Å². The van der Waals surface area contributed by atoms with Crippen LogP contribution in [0, 0.1) is 23.2 Å². The van der Waals surface area contributed by atoms with Crippen molar-refractivity contribution in [1.82, 2.24) is 0 Å². The molecule has 0 aromatic rings. The van der Waals surface area contributed by atoms with Gasteiger partial charge in [0, 0.05) is 0 Å². The molecule has 12 heavy (non-hydrogen) atoms. The normalized spacial score (nSPS) is 53.6. The summed E-state index contributed by atoms with van der Waals surface area (Å²) in [6, 6.07) is 0. The summed E-state index contributed by atoms with van der Waals surface area (Å²) >= 11 is 0. The molecule has 0 aromatic heterocycles. The molecule has 3 aliphatic carbocycles. The van der Waals surface area contributed by atoms with Crippen molar-refractivity contribution >= 4 is 0 Å². The standard InChI is InChI=1S/C12H16/c1-2-12-7-6-9(8-12)10-4-3-5-11(10)12/h3,5-7,9-11H,2,4,8H2,1H3. The van der Waals surface area contributed by atoms with E-state index in [1.54, 1.807) is 0 Å². The van der Waals surface area contributed by atoms with E-state index in [0.717, 1.165) is 17.8 Å². The van der Waals surface area contributed by atoms with E-state index in [4.69, 9.17) is 0 Å². The molecule has 0 heterocycles. The Labute approximate surface area is 74.4 Å². The van der Waals surface area contributed by atoms with E-state index in [1.165, 1.54) is 19.3 Å². The highest BCUT2D eigenvalue weighted by atomic mass is 14.6. The minimum Gasteiger partial charge on any atom is -0.0879 e.